The fraction of sp³-hybridized carbons (Fsp3) is 0.773. The fourth-order valence-corrected chi connectivity index (χ4v) is 4.77. The molecular weight excluding hydrogens is 352 g/mol. The molecule has 3 aliphatic rings. The summed E-state index contributed by atoms with van der Waals surface area (Å²) in [4.78, 5) is 31.5. The number of guanidine groups is 1. The molecule has 1 heterocycles. The van der Waals surface area contributed by atoms with Crippen molar-refractivity contribution in [3.63, 3.8) is 0 Å². The normalized spacial score (nSPS) is 29.0. The molecule has 2 amide bonds. The predicted octanol–water partition coefficient (Wildman–Crippen LogP) is 2.56. The van der Waals surface area contributed by atoms with E-state index in [-0.39, 0.29) is 35.5 Å². The Labute approximate surface area is 169 Å². The third-order valence-corrected chi connectivity index (χ3v) is 6.11. The van der Waals surface area contributed by atoms with Gasteiger partial charge in [0, 0.05) is 26.2 Å². The number of rotatable bonds is 8. The van der Waals surface area contributed by atoms with Gasteiger partial charge in [0.1, 0.15) is 0 Å². The maximum absolute atomic E-state index is 12.7. The van der Waals surface area contributed by atoms with Crippen molar-refractivity contribution in [2.45, 2.75) is 53.4 Å². The van der Waals surface area contributed by atoms with Crippen LogP contribution in [0.15, 0.2) is 17.1 Å². The summed E-state index contributed by atoms with van der Waals surface area (Å²) >= 11 is 0. The molecule has 4 atom stereocenters. The highest BCUT2D eigenvalue weighted by Crippen LogP contribution is 2.52. The highest BCUT2D eigenvalue weighted by molar-refractivity contribution is 6.06. The van der Waals surface area contributed by atoms with Crippen LogP contribution < -0.4 is 10.6 Å². The van der Waals surface area contributed by atoms with Crippen LogP contribution >= 0.6 is 0 Å². The van der Waals surface area contributed by atoms with Crippen LogP contribution in [0.5, 0.6) is 0 Å². The van der Waals surface area contributed by atoms with Crippen molar-refractivity contribution in [3.8, 4) is 0 Å². The van der Waals surface area contributed by atoms with Gasteiger partial charge >= 0.3 is 0 Å². The summed E-state index contributed by atoms with van der Waals surface area (Å²) in [6.07, 6.45) is 8.23. The number of carbonyl (C=O) groups excluding carboxylic acids is 2. The van der Waals surface area contributed by atoms with Crippen LogP contribution in [-0.2, 0) is 9.59 Å². The van der Waals surface area contributed by atoms with Crippen LogP contribution in [0, 0.1) is 29.1 Å². The summed E-state index contributed by atoms with van der Waals surface area (Å²) in [5.74, 6) is 1.29. The molecule has 0 aromatic carbocycles. The quantitative estimate of drug-likeness (QED) is 0.220. The zero-order valence-corrected chi connectivity index (χ0v) is 17.8. The van der Waals surface area contributed by atoms with Gasteiger partial charge in [0.15, 0.2) is 5.96 Å². The number of likely N-dealkylation sites (tertiary alicyclic amines) is 1. The Morgan fingerprint density at radius 2 is 1.75 bits per heavy atom. The Morgan fingerprint density at radius 1 is 1.11 bits per heavy atom. The molecule has 0 spiro atoms. The number of allylic oxidation sites excluding steroid dienone is 2. The number of imide groups is 1. The first kappa shape index (κ1) is 20.9. The number of carbonyl (C=O) groups is 2. The molecule has 1 aliphatic heterocycles. The maximum Gasteiger partial charge on any atom is 0.233 e. The highest BCUT2D eigenvalue weighted by Gasteiger charge is 2.58. The number of amides is 2. The summed E-state index contributed by atoms with van der Waals surface area (Å²) in [5, 5.41) is 6.64. The molecule has 6 nitrogen and oxygen atoms in total. The Bertz CT molecular complexity index is 619. The summed E-state index contributed by atoms with van der Waals surface area (Å²) in [7, 11) is 0. The number of hydrogen-bond donors (Lipinski definition) is 2. The lowest BCUT2D eigenvalue weighted by Crippen LogP contribution is -2.38. The van der Waals surface area contributed by atoms with Crippen LogP contribution in [0.3, 0.4) is 0 Å². The van der Waals surface area contributed by atoms with Crippen molar-refractivity contribution in [2.75, 3.05) is 26.2 Å². The third-order valence-electron chi connectivity index (χ3n) is 6.11. The van der Waals surface area contributed by atoms with Crippen LogP contribution in [-0.4, -0.2) is 48.9 Å². The van der Waals surface area contributed by atoms with Gasteiger partial charge in [-0.15, -0.1) is 0 Å². The maximum atomic E-state index is 12.7. The smallest absolute Gasteiger partial charge is 0.233 e. The molecule has 2 fully saturated rings. The van der Waals surface area contributed by atoms with E-state index in [4.69, 9.17) is 0 Å². The molecule has 0 aromatic heterocycles. The molecule has 6 heteroatoms. The van der Waals surface area contributed by atoms with E-state index in [0.29, 0.717) is 24.9 Å². The van der Waals surface area contributed by atoms with Crippen molar-refractivity contribution in [1.29, 1.82) is 0 Å². The largest absolute Gasteiger partial charge is 0.357 e. The lowest BCUT2D eigenvalue weighted by molar-refractivity contribution is -0.140. The number of hydrogen-bond acceptors (Lipinski definition) is 3. The van der Waals surface area contributed by atoms with Gasteiger partial charge in [-0.25, -0.2) is 0 Å². The molecule has 28 heavy (non-hydrogen) atoms. The standard InChI is InChI=1S/C22H36N4O2/c1-5-23-21(24-11-6-10-22(2,3)4)25-12-7-13-26-19(27)17-15-8-9-16(14-15)18(17)20(26)28/h8-9,15-18H,5-7,10-14H2,1-4H3,(H2,23,24,25). The molecule has 156 valence electrons. The van der Waals surface area contributed by atoms with E-state index in [0.717, 1.165) is 38.3 Å². The first-order valence-electron chi connectivity index (χ1n) is 10.9. The molecule has 1 saturated heterocycles. The van der Waals surface area contributed by atoms with Gasteiger partial charge in [0.05, 0.1) is 11.8 Å². The molecule has 2 aliphatic carbocycles. The number of fused-ring (bicyclic) bond motifs is 5. The lowest BCUT2D eigenvalue weighted by Gasteiger charge is -2.19. The summed E-state index contributed by atoms with van der Waals surface area (Å²) in [6.45, 7) is 11.6. The SMILES string of the molecule is CCNC(=NCCCN1C(=O)C2C3C=CC(C3)C2C1=O)NCCCC(C)(C)C. The average molecular weight is 389 g/mol. The van der Waals surface area contributed by atoms with E-state index in [1.54, 1.807) is 0 Å². The van der Waals surface area contributed by atoms with E-state index in [2.05, 4.69) is 55.5 Å². The van der Waals surface area contributed by atoms with Gasteiger partial charge in [-0.3, -0.25) is 19.5 Å². The van der Waals surface area contributed by atoms with E-state index < -0.39 is 0 Å². The van der Waals surface area contributed by atoms with Gasteiger partial charge in [-0.2, -0.15) is 0 Å². The molecule has 4 unspecified atom stereocenters. The van der Waals surface area contributed by atoms with E-state index >= 15 is 0 Å². The van der Waals surface area contributed by atoms with Crippen LogP contribution in [0.1, 0.15) is 53.4 Å². The number of nitrogens with zero attached hydrogens (tertiary/aromatic N) is 2. The molecule has 1 saturated carbocycles. The van der Waals surface area contributed by atoms with E-state index in [1.807, 2.05) is 0 Å². The molecule has 3 rings (SSSR count). The zero-order chi connectivity index (χ0) is 20.3. The van der Waals surface area contributed by atoms with Crippen LogP contribution in [0.25, 0.3) is 0 Å². The molecular formula is C22H36N4O2. The minimum atomic E-state index is -0.0900. The van der Waals surface area contributed by atoms with Crippen LogP contribution in [0.4, 0.5) is 0 Å². The van der Waals surface area contributed by atoms with Crippen LogP contribution in [0.2, 0.25) is 0 Å². The Morgan fingerprint density at radius 3 is 2.32 bits per heavy atom. The molecule has 0 aromatic rings. The topological polar surface area (TPSA) is 73.8 Å². The Balaban J connectivity index is 1.43. The first-order chi connectivity index (χ1) is 13.3. The number of aliphatic imine (C=N–C) groups is 1. The summed E-state index contributed by atoms with van der Waals surface area (Å²) in [6, 6.07) is 0. The minimum Gasteiger partial charge on any atom is -0.357 e. The van der Waals surface area contributed by atoms with E-state index in [9.17, 15) is 9.59 Å². The van der Waals surface area contributed by atoms with Crippen molar-refractivity contribution in [3.05, 3.63) is 12.2 Å². The van der Waals surface area contributed by atoms with Gasteiger partial charge in [-0.05, 0) is 49.9 Å². The summed E-state index contributed by atoms with van der Waals surface area (Å²) in [5.41, 5.74) is 0.346. The second-order valence-electron chi connectivity index (χ2n) is 9.53. The predicted molar refractivity (Wildman–Crippen MR) is 112 cm³/mol. The van der Waals surface area contributed by atoms with E-state index in [1.165, 1.54) is 4.90 Å². The highest BCUT2D eigenvalue weighted by atomic mass is 16.2. The van der Waals surface area contributed by atoms with Gasteiger partial charge < -0.3 is 10.6 Å². The molecule has 2 bridgehead atoms. The zero-order valence-electron chi connectivity index (χ0n) is 17.8. The third kappa shape index (κ3) is 4.58. The van der Waals surface area contributed by atoms with Gasteiger partial charge in [-0.1, -0.05) is 32.9 Å². The fourth-order valence-electron chi connectivity index (χ4n) is 4.77. The molecule has 0 radical (unpaired) electrons. The monoisotopic (exact) mass is 388 g/mol. The van der Waals surface area contributed by atoms with Crippen molar-refractivity contribution in [2.24, 2.45) is 34.1 Å². The average Bonchev–Trinajstić information content (AvgIpc) is 3.30. The Kier molecular flexibility index (Phi) is 6.46. The lowest BCUT2D eigenvalue weighted by atomic mass is 9.85. The minimum absolute atomic E-state index is 0.0445. The van der Waals surface area contributed by atoms with Crippen molar-refractivity contribution < 1.29 is 9.59 Å². The second-order valence-corrected chi connectivity index (χ2v) is 9.53. The number of nitrogens with one attached hydrogen (secondary N) is 2. The second kappa shape index (κ2) is 8.66. The summed E-state index contributed by atoms with van der Waals surface area (Å²) < 4.78 is 0. The van der Waals surface area contributed by atoms with Gasteiger partial charge in [0.25, 0.3) is 0 Å². The Hall–Kier alpha value is -1.85. The first-order valence-corrected chi connectivity index (χ1v) is 10.9. The molecule has 2 N–H and O–H groups in total. The van der Waals surface area contributed by atoms with Crippen molar-refractivity contribution >= 4 is 17.8 Å². The van der Waals surface area contributed by atoms with Gasteiger partial charge in [0.2, 0.25) is 11.8 Å². The van der Waals surface area contributed by atoms with Crippen molar-refractivity contribution in [1.82, 2.24) is 15.5 Å².